The van der Waals surface area contributed by atoms with Gasteiger partial charge in [0, 0.05) is 29.1 Å². The number of carbonyl (C=O) groups is 1. The van der Waals surface area contributed by atoms with E-state index >= 15 is 0 Å². The normalized spacial score (nSPS) is 20.6. The molecule has 0 spiro atoms. The van der Waals surface area contributed by atoms with Gasteiger partial charge in [0.1, 0.15) is 5.75 Å². The Hall–Kier alpha value is -2.87. The van der Waals surface area contributed by atoms with Crippen LogP contribution >= 0.6 is 11.8 Å². The van der Waals surface area contributed by atoms with Gasteiger partial charge in [0.05, 0.1) is 36.8 Å². The summed E-state index contributed by atoms with van der Waals surface area (Å²) in [5.41, 5.74) is 4.15. The van der Waals surface area contributed by atoms with Crippen molar-refractivity contribution in [1.29, 1.82) is 0 Å². The van der Waals surface area contributed by atoms with E-state index < -0.39 is 0 Å². The molecule has 5 rings (SSSR count). The van der Waals surface area contributed by atoms with Gasteiger partial charge in [-0.25, -0.2) is 0 Å². The minimum absolute atomic E-state index is 0.0660. The van der Waals surface area contributed by atoms with E-state index in [4.69, 9.17) is 9.47 Å². The summed E-state index contributed by atoms with van der Waals surface area (Å²) in [6.45, 7) is 1.44. The van der Waals surface area contributed by atoms with Crippen LogP contribution in [0.2, 0.25) is 0 Å². The molecule has 1 fully saturated rings. The maximum atomic E-state index is 11.6. The lowest BCUT2D eigenvalue weighted by atomic mass is 10.0. The van der Waals surface area contributed by atoms with Crippen molar-refractivity contribution in [2.24, 2.45) is 0 Å². The van der Waals surface area contributed by atoms with Crippen molar-refractivity contribution in [3.8, 4) is 5.75 Å². The van der Waals surface area contributed by atoms with Crippen molar-refractivity contribution in [2.75, 3.05) is 24.8 Å². The first-order chi connectivity index (χ1) is 16.2. The molecule has 0 aliphatic carbocycles. The van der Waals surface area contributed by atoms with Gasteiger partial charge in [0.15, 0.2) is 0 Å². The predicted octanol–water partition coefficient (Wildman–Crippen LogP) is 4.64. The first kappa shape index (κ1) is 21.9. The van der Waals surface area contributed by atoms with Crippen molar-refractivity contribution < 1.29 is 14.3 Å². The van der Waals surface area contributed by atoms with Crippen molar-refractivity contribution >= 4 is 40.3 Å². The number of nitrogens with zero attached hydrogens (tertiary/aromatic N) is 1. The van der Waals surface area contributed by atoms with Crippen LogP contribution in [0.4, 0.5) is 5.69 Å². The van der Waals surface area contributed by atoms with Gasteiger partial charge < -0.3 is 20.1 Å². The summed E-state index contributed by atoms with van der Waals surface area (Å²) >= 11 is 1.59. The quantitative estimate of drug-likeness (QED) is 0.557. The highest BCUT2D eigenvalue weighted by atomic mass is 32.2. The molecule has 3 aromatic rings. The third kappa shape index (κ3) is 5.21. The fourth-order valence-electron chi connectivity index (χ4n) is 4.22. The summed E-state index contributed by atoms with van der Waals surface area (Å²) in [4.78, 5) is 17.2. The minimum Gasteiger partial charge on any atom is -0.497 e. The van der Waals surface area contributed by atoms with Crippen LogP contribution in [-0.2, 0) is 16.1 Å². The monoisotopic (exact) mass is 461 g/mol. The van der Waals surface area contributed by atoms with Crippen LogP contribution in [0.5, 0.6) is 5.75 Å². The van der Waals surface area contributed by atoms with E-state index in [2.05, 4.69) is 46.0 Å². The van der Waals surface area contributed by atoms with Gasteiger partial charge in [-0.1, -0.05) is 18.2 Å². The molecule has 170 valence electrons. The number of pyridine rings is 1. The zero-order valence-electron chi connectivity index (χ0n) is 18.5. The van der Waals surface area contributed by atoms with Crippen molar-refractivity contribution in [1.82, 2.24) is 10.3 Å². The number of amides is 1. The summed E-state index contributed by atoms with van der Waals surface area (Å²) in [6, 6.07) is 14.6. The Morgan fingerprint density at radius 2 is 2.18 bits per heavy atom. The molecule has 2 atom stereocenters. The minimum atomic E-state index is 0.0660. The molecular weight excluding hydrogens is 434 g/mol. The largest absolute Gasteiger partial charge is 0.497 e. The fourth-order valence-corrected chi connectivity index (χ4v) is 5.01. The SMILES string of the molecule is COc1ccc2nccc(/C=C/[C@@H]3CC[C@@H](NCc4ccc5c(c4)NC(=O)CS5)CO3)c2c1. The van der Waals surface area contributed by atoms with E-state index in [9.17, 15) is 4.79 Å². The molecule has 3 heterocycles. The fraction of sp³-hybridized carbons (Fsp3) is 0.308. The zero-order chi connectivity index (χ0) is 22.6. The summed E-state index contributed by atoms with van der Waals surface area (Å²) in [5, 5.41) is 7.63. The van der Waals surface area contributed by atoms with E-state index in [0.29, 0.717) is 18.4 Å². The Bertz CT molecular complexity index is 1190. The molecule has 1 saturated heterocycles. The molecule has 0 bridgehead atoms. The Kier molecular flexibility index (Phi) is 6.62. The van der Waals surface area contributed by atoms with Gasteiger partial charge in [0.2, 0.25) is 5.91 Å². The van der Waals surface area contributed by atoms with E-state index in [1.165, 1.54) is 5.56 Å². The van der Waals surface area contributed by atoms with E-state index in [-0.39, 0.29) is 12.0 Å². The second kappa shape index (κ2) is 9.95. The molecule has 0 radical (unpaired) electrons. The standard InChI is InChI=1S/C26H27N3O3S/c1-31-21-7-8-23-22(13-21)18(10-11-27-23)3-5-20-6-4-19(15-32-20)28-14-17-2-9-25-24(12-17)29-26(30)16-33-25/h2-3,5,7-13,19-20,28H,4,6,14-16H2,1H3,(H,29,30)/b5-3+/t19-,20-/m1/s1. The summed E-state index contributed by atoms with van der Waals surface area (Å²) in [7, 11) is 1.68. The van der Waals surface area contributed by atoms with Crippen LogP contribution in [-0.4, -0.2) is 42.5 Å². The number of benzene rings is 2. The molecule has 2 aromatic carbocycles. The molecule has 6 nitrogen and oxygen atoms in total. The van der Waals surface area contributed by atoms with Crippen LogP contribution in [0.1, 0.15) is 24.0 Å². The smallest absolute Gasteiger partial charge is 0.234 e. The van der Waals surface area contributed by atoms with E-state index in [0.717, 1.165) is 52.2 Å². The molecule has 0 unspecified atom stereocenters. The maximum absolute atomic E-state index is 11.6. The van der Waals surface area contributed by atoms with E-state index in [1.54, 1.807) is 18.9 Å². The number of thioether (sulfide) groups is 1. The third-order valence-electron chi connectivity index (χ3n) is 6.06. The van der Waals surface area contributed by atoms with Crippen molar-refractivity contribution in [3.05, 3.63) is 65.9 Å². The number of fused-ring (bicyclic) bond motifs is 2. The highest BCUT2D eigenvalue weighted by Crippen LogP contribution is 2.32. The number of aromatic nitrogens is 1. The average molecular weight is 462 g/mol. The van der Waals surface area contributed by atoms with Crippen LogP contribution in [0.25, 0.3) is 17.0 Å². The van der Waals surface area contributed by atoms with Gasteiger partial charge in [0.25, 0.3) is 0 Å². The van der Waals surface area contributed by atoms with Crippen molar-refractivity contribution in [2.45, 2.75) is 36.4 Å². The lowest BCUT2D eigenvalue weighted by molar-refractivity contribution is -0.113. The Morgan fingerprint density at radius 3 is 3.03 bits per heavy atom. The topological polar surface area (TPSA) is 72.5 Å². The lowest BCUT2D eigenvalue weighted by Crippen LogP contribution is -2.39. The number of anilines is 1. The number of carbonyl (C=O) groups excluding carboxylic acids is 1. The maximum Gasteiger partial charge on any atom is 0.234 e. The Morgan fingerprint density at radius 1 is 1.24 bits per heavy atom. The Labute approximate surface area is 197 Å². The molecule has 0 saturated carbocycles. The Balaban J connectivity index is 1.15. The van der Waals surface area contributed by atoms with Crippen molar-refractivity contribution in [3.63, 3.8) is 0 Å². The molecule has 1 aromatic heterocycles. The number of methoxy groups -OCH3 is 1. The zero-order valence-corrected chi connectivity index (χ0v) is 19.4. The third-order valence-corrected chi connectivity index (χ3v) is 7.13. The molecule has 33 heavy (non-hydrogen) atoms. The summed E-state index contributed by atoms with van der Waals surface area (Å²) in [5.74, 6) is 1.38. The van der Waals surface area contributed by atoms with Crippen LogP contribution < -0.4 is 15.4 Å². The number of ether oxygens (including phenoxy) is 2. The average Bonchev–Trinajstić information content (AvgIpc) is 2.86. The predicted molar refractivity (Wildman–Crippen MR) is 133 cm³/mol. The molecule has 2 N–H and O–H groups in total. The number of nitrogens with one attached hydrogen (secondary N) is 2. The van der Waals surface area contributed by atoms with Gasteiger partial charge in [-0.2, -0.15) is 0 Å². The van der Waals surface area contributed by atoms with Gasteiger partial charge in [-0.05, 0) is 60.4 Å². The van der Waals surface area contributed by atoms with Crippen LogP contribution in [0.3, 0.4) is 0 Å². The number of hydrogen-bond acceptors (Lipinski definition) is 6. The first-order valence-corrected chi connectivity index (χ1v) is 12.2. The molecule has 2 aliphatic heterocycles. The van der Waals surface area contributed by atoms with E-state index in [1.807, 2.05) is 30.5 Å². The second-order valence-corrected chi connectivity index (χ2v) is 9.35. The highest BCUT2D eigenvalue weighted by molar-refractivity contribution is 8.00. The number of hydrogen-bond donors (Lipinski definition) is 2. The van der Waals surface area contributed by atoms with Crippen LogP contribution in [0.15, 0.2) is 59.6 Å². The number of rotatable bonds is 6. The van der Waals surface area contributed by atoms with Gasteiger partial charge in [-0.3, -0.25) is 9.78 Å². The second-order valence-electron chi connectivity index (χ2n) is 8.34. The molecule has 1 amide bonds. The van der Waals surface area contributed by atoms with Crippen LogP contribution in [0, 0.1) is 0 Å². The lowest BCUT2D eigenvalue weighted by Gasteiger charge is -2.28. The molecular formula is C26H27N3O3S. The summed E-state index contributed by atoms with van der Waals surface area (Å²) < 4.78 is 11.5. The summed E-state index contributed by atoms with van der Waals surface area (Å²) in [6.07, 6.45) is 8.23. The van der Waals surface area contributed by atoms with Gasteiger partial charge in [-0.15, -0.1) is 11.8 Å². The first-order valence-electron chi connectivity index (χ1n) is 11.2. The highest BCUT2D eigenvalue weighted by Gasteiger charge is 2.20. The van der Waals surface area contributed by atoms with Gasteiger partial charge >= 0.3 is 0 Å². The molecule has 2 aliphatic rings. The molecule has 7 heteroatoms.